The first kappa shape index (κ1) is 13.3. The van der Waals surface area contributed by atoms with Crippen molar-refractivity contribution < 1.29 is 19.4 Å². The summed E-state index contributed by atoms with van der Waals surface area (Å²) in [6, 6.07) is 7.74. The fourth-order valence-corrected chi connectivity index (χ4v) is 1.53. The number of hydrogen-bond donors (Lipinski definition) is 1. The average Bonchev–Trinajstić information content (AvgIpc) is 2.47. The monoisotopic (exact) mass is 271 g/mol. The standard InChI is InChI=1S/C13H9N3O4/c1-19-10-4-2-3-9(13(17)18)11(10)20-12-8(7-14)5-6-15-16-12/h2-6H,1H3,(H,17,18). The number of carboxylic acid groups (broad SMARTS) is 1. The van der Waals surface area contributed by atoms with Crippen molar-refractivity contribution in [3.8, 4) is 23.4 Å². The zero-order valence-electron chi connectivity index (χ0n) is 10.4. The van der Waals surface area contributed by atoms with Crippen molar-refractivity contribution in [1.82, 2.24) is 10.2 Å². The quantitative estimate of drug-likeness (QED) is 0.904. The second-order valence-electron chi connectivity index (χ2n) is 3.61. The second kappa shape index (κ2) is 5.67. The number of hydrogen-bond acceptors (Lipinski definition) is 6. The summed E-state index contributed by atoms with van der Waals surface area (Å²) in [7, 11) is 1.38. The molecule has 0 radical (unpaired) electrons. The lowest BCUT2D eigenvalue weighted by molar-refractivity contribution is 0.0693. The minimum Gasteiger partial charge on any atom is -0.493 e. The summed E-state index contributed by atoms with van der Waals surface area (Å²) < 4.78 is 10.5. The Bertz CT molecular complexity index is 694. The molecule has 0 saturated heterocycles. The second-order valence-corrected chi connectivity index (χ2v) is 3.61. The molecule has 0 aliphatic heterocycles. The minimum absolute atomic E-state index is 0.0282. The van der Waals surface area contributed by atoms with Crippen LogP contribution in [-0.2, 0) is 0 Å². The molecule has 1 heterocycles. The fourth-order valence-electron chi connectivity index (χ4n) is 1.53. The van der Waals surface area contributed by atoms with Crippen LogP contribution in [0, 0.1) is 11.3 Å². The summed E-state index contributed by atoms with van der Waals surface area (Å²) in [4.78, 5) is 11.2. The molecule has 1 N–H and O–H groups in total. The average molecular weight is 271 g/mol. The highest BCUT2D eigenvalue weighted by molar-refractivity contribution is 5.92. The Morgan fingerprint density at radius 3 is 2.85 bits per heavy atom. The summed E-state index contributed by atoms with van der Waals surface area (Å²) >= 11 is 0. The Labute approximate surface area is 114 Å². The Morgan fingerprint density at radius 1 is 1.40 bits per heavy atom. The number of aromatic carboxylic acids is 1. The van der Waals surface area contributed by atoms with Gasteiger partial charge in [-0.05, 0) is 18.2 Å². The third kappa shape index (κ3) is 2.49. The predicted octanol–water partition coefficient (Wildman–Crippen LogP) is 1.85. The molecule has 0 saturated carbocycles. The van der Waals surface area contributed by atoms with Crippen LogP contribution in [0.2, 0.25) is 0 Å². The van der Waals surface area contributed by atoms with Gasteiger partial charge in [0.05, 0.1) is 13.3 Å². The molecule has 0 amide bonds. The number of methoxy groups -OCH3 is 1. The molecule has 100 valence electrons. The molecular formula is C13H9N3O4. The number of carbonyl (C=O) groups is 1. The van der Waals surface area contributed by atoms with Gasteiger partial charge in [0, 0.05) is 0 Å². The van der Waals surface area contributed by atoms with E-state index in [1.807, 2.05) is 6.07 Å². The first-order valence-corrected chi connectivity index (χ1v) is 5.47. The summed E-state index contributed by atoms with van der Waals surface area (Å²) in [5.74, 6) is -1.07. The number of nitriles is 1. The maximum atomic E-state index is 11.2. The first-order chi connectivity index (χ1) is 9.67. The van der Waals surface area contributed by atoms with Crippen LogP contribution in [0.1, 0.15) is 15.9 Å². The molecule has 0 fully saturated rings. The molecule has 0 aliphatic carbocycles. The molecule has 0 unspecified atom stereocenters. The van der Waals surface area contributed by atoms with E-state index in [-0.39, 0.29) is 28.5 Å². The van der Waals surface area contributed by atoms with Crippen LogP contribution < -0.4 is 9.47 Å². The van der Waals surface area contributed by atoms with Gasteiger partial charge in [0.1, 0.15) is 17.2 Å². The smallest absolute Gasteiger partial charge is 0.339 e. The first-order valence-electron chi connectivity index (χ1n) is 5.47. The van der Waals surface area contributed by atoms with E-state index in [1.165, 1.54) is 31.5 Å². The Kier molecular flexibility index (Phi) is 3.77. The lowest BCUT2D eigenvalue weighted by Gasteiger charge is -2.12. The van der Waals surface area contributed by atoms with E-state index in [2.05, 4.69) is 10.2 Å². The number of ether oxygens (including phenoxy) is 2. The Balaban J connectivity index is 2.53. The maximum absolute atomic E-state index is 11.2. The molecule has 1 aromatic heterocycles. The van der Waals surface area contributed by atoms with Gasteiger partial charge in [-0.1, -0.05) is 6.07 Å². The molecule has 0 atom stereocenters. The van der Waals surface area contributed by atoms with Crippen LogP contribution in [-0.4, -0.2) is 28.4 Å². The highest BCUT2D eigenvalue weighted by Gasteiger charge is 2.19. The molecule has 7 heteroatoms. The number of rotatable bonds is 4. The zero-order valence-corrected chi connectivity index (χ0v) is 10.4. The van der Waals surface area contributed by atoms with Gasteiger partial charge in [0.2, 0.25) is 0 Å². The fraction of sp³-hybridized carbons (Fsp3) is 0.0769. The van der Waals surface area contributed by atoms with Crippen molar-refractivity contribution in [2.24, 2.45) is 0 Å². The lowest BCUT2D eigenvalue weighted by Crippen LogP contribution is -2.03. The molecule has 7 nitrogen and oxygen atoms in total. The van der Waals surface area contributed by atoms with Gasteiger partial charge >= 0.3 is 5.97 Å². The van der Waals surface area contributed by atoms with E-state index < -0.39 is 5.97 Å². The van der Waals surface area contributed by atoms with Crippen LogP contribution in [0.3, 0.4) is 0 Å². The van der Waals surface area contributed by atoms with Gasteiger partial charge in [-0.15, -0.1) is 5.10 Å². The summed E-state index contributed by atoms with van der Waals surface area (Å²) in [5, 5.41) is 25.4. The molecule has 2 rings (SSSR count). The normalized spacial score (nSPS) is 9.60. The molecule has 0 bridgehead atoms. The van der Waals surface area contributed by atoms with Crippen LogP contribution in [0.15, 0.2) is 30.5 Å². The highest BCUT2D eigenvalue weighted by atomic mass is 16.5. The van der Waals surface area contributed by atoms with Gasteiger partial charge in [-0.25, -0.2) is 4.79 Å². The van der Waals surface area contributed by atoms with Crippen molar-refractivity contribution in [2.75, 3.05) is 7.11 Å². The molecule has 20 heavy (non-hydrogen) atoms. The Morgan fingerprint density at radius 2 is 2.20 bits per heavy atom. The van der Waals surface area contributed by atoms with Gasteiger partial charge in [-0.2, -0.15) is 10.4 Å². The van der Waals surface area contributed by atoms with Crippen molar-refractivity contribution in [1.29, 1.82) is 5.26 Å². The summed E-state index contributed by atoms with van der Waals surface area (Å²) in [5.41, 5.74) is 0.0427. The number of aromatic nitrogens is 2. The van der Waals surface area contributed by atoms with Crippen molar-refractivity contribution in [3.63, 3.8) is 0 Å². The van der Waals surface area contributed by atoms with Gasteiger partial charge < -0.3 is 14.6 Å². The SMILES string of the molecule is COc1cccc(C(=O)O)c1Oc1nnccc1C#N. The van der Waals surface area contributed by atoms with Crippen LogP contribution in [0.4, 0.5) is 0 Å². The Hall–Kier alpha value is -3.14. The molecule has 1 aromatic carbocycles. The largest absolute Gasteiger partial charge is 0.493 e. The topological polar surface area (TPSA) is 105 Å². The van der Waals surface area contributed by atoms with Gasteiger partial charge in [0.25, 0.3) is 5.88 Å². The van der Waals surface area contributed by atoms with Crippen LogP contribution in [0.25, 0.3) is 0 Å². The van der Waals surface area contributed by atoms with Gasteiger partial charge in [-0.3, -0.25) is 0 Å². The van der Waals surface area contributed by atoms with E-state index in [4.69, 9.17) is 19.8 Å². The van der Waals surface area contributed by atoms with Crippen LogP contribution >= 0.6 is 0 Å². The van der Waals surface area contributed by atoms with E-state index in [9.17, 15) is 4.79 Å². The van der Waals surface area contributed by atoms with E-state index in [0.29, 0.717) is 0 Å². The number of nitrogens with zero attached hydrogens (tertiary/aromatic N) is 3. The molecule has 2 aromatic rings. The van der Waals surface area contributed by atoms with Crippen LogP contribution in [0.5, 0.6) is 17.4 Å². The van der Waals surface area contributed by atoms with Crippen molar-refractivity contribution >= 4 is 5.97 Å². The minimum atomic E-state index is -1.18. The number of carboxylic acids is 1. The third-order valence-corrected chi connectivity index (χ3v) is 2.44. The lowest BCUT2D eigenvalue weighted by atomic mass is 10.2. The van der Waals surface area contributed by atoms with E-state index in [1.54, 1.807) is 6.07 Å². The predicted molar refractivity (Wildman–Crippen MR) is 66.8 cm³/mol. The third-order valence-electron chi connectivity index (χ3n) is 2.44. The highest BCUT2D eigenvalue weighted by Crippen LogP contribution is 2.35. The van der Waals surface area contributed by atoms with E-state index >= 15 is 0 Å². The maximum Gasteiger partial charge on any atom is 0.339 e. The van der Waals surface area contributed by atoms with Crippen molar-refractivity contribution in [2.45, 2.75) is 0 Å². The summed E-state index contributed by atoms with van der Waals surface area (Å²) in [6.07, 6.45) is 1.34. The number of para-hydroxylation sites is 1. The zero-order chi connectivity index (χ0) is 14.5. The molecule has 0 spiro atoms. The molecular weight excluding hydrogens is 262 g/mol. The van der Waals surface area contributed by atoms with Crippen molar-refractivity contribution in [3.05, 3.63) is 41.6 Å². The van der Waals surface area contributed by atoms with Gasteiger partial charge in [0.15, 0.2) is 11.5 Å². The summed E-state index contributed by atoms with van der Waals surface area (Å²) in [6.45, 7) is 0. The number of benzene rings is 1. The molecule has 0 aliphatic rings. The van der Waals surface area contributed by atoms with E-state index in [0.717, 1.165) is 0 Å².